The Balaban J connectivity index is 1.52. The van der Waals surface area contributed by atoms with Crippen molar-refractivity contribution in [1.82, 2.24) is 10.2 Å². The zero-order valence-electron chi connectivity index (χ0n) is 18.3. The van der Waals surface area contributed by atoms with Crippen molar-refractivity contribution in [1.29, 1.82) is 0 Å². The molecule has 0 bridgehead atoms. The minimum Gasteiger partial charge on any atom is -0.353 e. The molecule has 0 saturated heterocycles. The van der Waals surface area contributed by atoms with Gasteiger partial charge in [0.1, 0.15) is 0 Å². The molecule has 1 aliphatic carbocycles. The first-order chi connectivity index (χ1) is 15.1. The number of hydrogen-bond donors (Lipinski definition) is 2. The van der Waals surface area contributed by atoms with Crippen molar-refractivity contribution in [2.24, 2.45) is 5.73 Å². The maximum absolute atomic E-state index is 12.3. The Morgan fingerprint density at radius 2 is 1.48 bits per heavy atom. The molecular weight excluding hydrogens is 386 g/mol. The summed E-state index contributed by atoms with van der Waals surface area (Å²) in [6.45, 7) is 1.07. The van der Waals surface area contributed by atoms with Crippen molar-refractivity contribution in [3.8, 4) is 0 Å². The van der Waals surface area contributed by atoms with Crippen LogP contribution in [0.15, 0.2) is 60.7 Å². The topological polar surface area (TPSA) is 75.4 Å². The minimum atomic E-state index is -0.424. The molecular formula is C26H35N3O2. The van der Waals surface area contributed by atoms with Gasteiger partial charge in [-0.1, -0.05) is 79.9 Å². The van der Waals surface area contributed by atoms with E-state index in [1.807, 2.05) is 36.4 Å². The number of benzene rings is 2. The fourth-order valence-corrected chi connectivity index (χ4v) is 4.49. The molecule has 166 valence electrons. The van der Waals surface area contributed by atoms with Gasteiger partial charge in [-0.25, -0.2) is 4.79 Å². The molecule has 0 atom stereocenters. The SMILES string of the molecule is NC(=O)N(CCCC(=O)NC1CCCCC1)CCC(c1ccccc1)c1ccccc1. The number of rotatable bonds is 10. The number of hydrogen-bond acceptors (Lipinski definition) is 2. The van der Waals surface area contributed by atoms with E-state index in [2.05, 4.69) is 29.6 Å². The van der Waals surface area contributed by atoms with Crippen molar-refractivity contribution in [2.45, 2.75) is 63.3 Å². The summed E-state index contributed by atoms with van der Waals surface area (Å²) < 4.78 is 0. The molecule has 3 amide bonds. The van der Waals surface area contributed by atoms with E-state index >= 15 is 0 Å². The van der Waals surface area contributed by atoms with Crippen LogP contribution in [0.25, 0.3) is 0 Å². The Morgan fingerprint density at radius 1 is 0.903 bits per heavy atom. The molecule has 3 N–H and O–H groups in total. The highest BCUT2D eigenvalue weighted by Crippen LogP contribution is 2.28. The van der Waals surface area contributed by atoms with Crippen LogP contribution in [-0.4, -0.2) is 36.0 Å². The molecule has 0 spiro atoms. The summed E-state index contributed by atoms with van der Waals surface area (Å²) in [7, 11) is 0. The minimum absolute atomic E-state index is 0.0859. The molecule has 0 heterocycles. The van der Waals surface area contributed by atoms with Crippen molar-refractivity contribution >= 4 is 11.9 Å². The molecule has 1 saturated carbocycles. The van der Waals surface area contributed by atoms with E-state index < -0.39 is 6.03 Å². The van der Waals surface area contributed by atoms with Gasteiger partial charge in [0.2, 0.25) is 5.91 Å². The van der Waals surface area contributed by atoms with E-state index in [0.29, 0.717) is 32.0 Å². The molecule has 3 rings (SSSR count). The number of primary amides is 1. The van der Waals surface area contributed by atoms with Crippen LogP contribution in [0.3, 0.4) is 0 Å². The predicted molar refractivity (Wildman–Crippen MR) is 125 cm³/mol. The Labute approximate surface area is 186 Å². The third-order valence-electron chi connectivity index (χ3n) is 6.21. The third kappa shape index (κ3) is 7.42. The summed E-state index contributed by atoms with van der Waals surface area (Å²) in [5.41, 5.74) is 8.11. The number of nitrogens with one attached hydrogen (secondary N) is 1. The lowest BCUT2D eigenvalue weighted by atomic mass is 9.88. The first kappa shape index (κ1) is 22.9. The van der Waals surface area contributed by atoms with Crippen LogP contribution in [-0.2, 0) is 4.79 Å². The Hall–Kier alpha value is -2.82. The van der Waals surface area contributed by atoms with Crippen molar-refractivity contribution in [3.63, 3.8) is 0 Å². The average molecular weight is 422 g/mol. The molecule has 1 fully saturated rings. The summed E-state index contributed by atoms with van der Waals surface area (Å²) in [6, 6.07) is 20.6. The summed E-state index contributed by atoms with van der Waals surface area (Å²) in [5, 5.41) is 3.14. The van der Waals surface area contributed by atoms with Crippen molar-refractivity contribution in [2.75, 3.05) is 13.1 Å². The standard InChI is InChI=1S/C26H35N3O2/c27-26(31)29(19-10-17-25(30)28-23-15-8-3-9-16-23)20-18-24(21-11-4-1-5-12-21)22-13-6-2-7-14-22/h1-2,4-7,11-14,23-24H,3,8-10,15-20H2,(H2,27,31)(H,28,30). The zero-order valence-corrected chi connectivity index (χ0v) is 18.3. The molecule has 0 radical (unpaired) electrons. The lowest BCUT2D eigenvalue weighted by Crippen LogP contribution is -2.39. The van der Waals surface area contributed by atoms with Crippen LogP contribution in [0.2, 0.25) is 0 Å². The van der Waals surface area contributed by atoms with Crippen LogP contribution in [0.4, 0.5) is 4.79 Å². The maximum Gasteiger partial charge on any atom is 0.314 e. The molecule has 0 aliphatic heterocycles. The highest BCUT2D eigenvalue weighted by molar-refractivity contribution is 5.76. The molecule has 31 heavy (non-hydrogen) atoms. The largest absolute Gasteiger partial charge is 0.353 e. The Bertz CT molecular complexity index is 764. The molecule has 5 nitrogen and oxygen atoms in total. The van der Waals surface area contributed by atoms with Crippen LogP contribution in [0.1, 0.15) is 68.4 Å². The lowest BCUT2D eigenvalue weighted by Gasteiger charge is -2.25. The van der Waals surface area contributed by atoms with Crippen molar-refractivity contribution in [3.05, 3.63) is 71.8 Å². The summed E-state index contributed by atoms with van der Waals surface area (Å²) in [6.07, 6.45) is 7.68. The number of nitrogens with zero attached hydrogens (tertiary/aromatic N) is 1. The van der Waals surface area contributed by atoms with Gasteiger partial charge in [0.05, 0.1) is 0 Å². The predicted octanol–water partition coefficient (Wildman–Crippen LogP) is 4.82. The zero-order chi connectivity index (χ0) is 21.9. The number of urea groups is 1. The summed E-state index contributed by atoms with van der Waals surface area (Å²) >= 11 is 0. The highest BCUT2D eigenvalue weighted by atomic mass is 16.2. The first-order valence-electron chi connectivity index (χ1n) is 11.6. The molecule has 5 heteroatoms. The van der Waals surface area contributed by atoms with Gasteiger partial charge in [0.25, 0.3) is 0 Å². The van der Waals surface area contributed by atoms with Crippen LogP contribution >= 0.6 is 0 Å². The fourth-order valence-electron chi connectivity index (χ4n) is 4.49. The van der Waals surface area contributed by atoms with Gasteiger partial charge in [-0.2, -0.15) is 0 Å². The van der Waals surface area contributed by atoms with Gasteiger partial charge < -0.3 is 16.0 Å². The van der Waals surface area contributed by atoms with Gasteiger partial charge in [-0.15, -0.1) is 0 Å². The second kappa shape index (κ2) is 12.1. The Morgan fingerprint density at radius 3 is 2.03 bits per heavy atom. The highest BCUT2D eigenvalue weighted by Gasteiger charge is 2.19. The van der Waals surface area contributed by atoms with Gasteiger partial charge in [0.15, 0.2) is 0 Å². The van der Waals surface area contributed by atoms with Gasteiger partial charge in [-0.3, -0.25) is 4.79 Å². The van der Waals surface area contributed by atoms with Crippen LogP contribution in [0.5, 0.6) is 0 Å². The van der Waals surface area contributed by atoms with Gasteiger partial charge in [0, 0.05) is 31.5 Å². The number of carbonyl (C=O) groups is 2. The smallest absolute Gasteiger partial charge is 0.314 e. The lowest BCUT2D eigenvalue weighted by molar-refractivity contribution is -0.122. The normalized spacial score (nSPS) is 14.4. The number of carbonyl (C=O) groups excluding carboxylic acids is 2. The van der Waals surface area contributed by atoms with Gasteiger partial charge >= 0.3 is 6.03 Å². The molecule has 0 unspecified atom stereocenters. The number of nitrogens with two attached hydrogens (primary N) is 1. The second-order valence-electron chi connectivity index (χ2n) is 8.49. The van der Waals surface area contributed by atoms with E-state index in [0.717, 1.165) is 19.3 Å². The average Bonchev–Trinajstić information content (AvgIpc) is 2.80. The van der Waals surface area contributed by atoms with E-state index in [1.165, 1.54) is 30.4 Å². The van der Waals surface area contributed by atoms with Crippen LogP contribution in [0, 0.1) is 0 Å². The van der Waals surface area contributed by atoms with E-state index in [4.69, 9.17) is 5.73 Å². The first-order valence-corrected chi connectivity index (χ1v) is 11.6. The summed E-state index contributed by atoms with van der Waals surface area (Å²) in [4.78, 5) is 26.0. The van der Waals surface area contributed by atoms with Gasteiger partial charge in [-0.05, 0) is 36.8 Å². The maximum atomic E-state index is 12.3. The molecule has 2 aromatic carbocycles. The second-order valence-corrected chi connectivity index (χ2v) is 8.49. The van der Waals surface area contributed by atoms with E-state index in [9.17, 15) is 9.59 Å². The van der Waals surface area contributed by atoms with Crippen molar-refractivity contribution < 1.29 is 9.59 Å². The summed E-state index contributed by atoms with van der Waals surface area (Å²) in [5.74, 6) is 0.279. The third-order valence-corrected chi connectivity index (χ3v) is 6.21. The molecule has 0 aromatic heterocycles. The molecule has 1 aliphatic rings. The fraction of sp³-hybridized carbons (Fsp3) is 0.462. The van der Waals surface area contributed by atoms with E-state index in [1.54, 1.807) is 4.90 Å². The quantitative estimate of drug-likeness (QED) is 0.577. The Kier molecular flexibility index (Phi) is 8.95. The van der Waals surface area contributed by atoms with Crippen LogP contribution < -0.4 is 11.1 Å². The van der Waals surface area contributed by atoms with E-state index in [-0.39, 0.29) is 11.8 Å². The monoisotopic (exact) mass is 421 g/mol. The number of amides is 3. The molecule has 2 aromatic rings.